The molecule has 0 radical (unpaired) electrons. The highest BCUT2D eigenvalue weighted by Gasteiger charge is 2.44. The summed E-state index contributed by atoms with van der Waals surface area (Å²) < 4.78 is 6.27. The van der Waals surface area contributed by atoms with E-state index in [0.29, 0.717) is 22.3 Å². The third-order valence-electron chi connectivity index (χ3n) is 8.16. The van der Waals surface area contributed by atoms with Gasteiger partial charge in [0.2, 0.25) is 0 Å². The van der Waals surface area contributed by atoms with Gasteiger partial charge in [0.05, 0.1) is 33.8 Å². The summed E-state index contributed by atoms with van der Waals surface area (Å²) in [6.07, 6.45) is 21.3. The van der Waals surface area contributed by atoms with E-state index in [-0.39, 0.29) is 15.7 Å². The van der Waals surface area contributed by atoms with E-state index >= 15 is 0 Å². The molecule has 0 amide bonds. The number of nitriles is 2. The molecule has 7 rings (SSSR count). The van der Waals surface area contributed by atoms with E-state index < -0.39 is 0 Å². The van der Waals surface area contributed by atoms with Gasteiger partial charge in [0.1, 0.15) is 11.8 Å². The molecule has 1 aromatic carbocycles. The molecule has 7 atom stereocenters. The Balaban J connectivity index is 1.12. The van der Waals surface area contributed by atoms with Crippen LogP contribution in [0, 0.1) is 28.6 Å². The molecule has 8 heteroatoms. The minimum atomic E-state index is 0.00630. The molecular formula is C32H27N3OP2S2. The second-order valence-electron chi connectivity index (χ2n) is 10.4. The maximum Gasteiger partial charge on any atom is 0.151 e. The molecule has 7 unspecified atom stereocenters. The van der Waals surface area contributed by atoms with Crippen LogP contribution in [0.2, 0.25) is 0 Å². The molecule has 0 aromatic heterocycles. The lowest BCUT2D eigenvalue weighted by atomic mass is 9.87. The number of allylic oxidation sites excluding steroid dienone is 10. The Kier molecular flexibility index (Phi) is 6.94. The van der Waals surface area contributed by atoms with E-state index in [1.807, 2.05) is 29.6 Å². The molecule has 0 N–H and O–H groups in total. The Morgan fingerprint density at radius 1 is 0.975 bits per heavy atom. The van der Waals surface area contributed by atoms with Crippen molar-refractivity contribution < 1.29 is 4.74 Å². The summed E-state index contributed by atoms with van der Waals surface area (Å²) in [6.45, 7) is 0. The highest BCUT2D eigenvalue weighted by Crippen LogP contribution is 2.55. The Bertz CT molecular complexity index is 1650. The third kappa shape index (κ3) is 4.29. The highest BCUT2D eigenvalue weighted by atomic mass is 32.2. The molecule has 2 heterocycles. The van der Waals surface area contributed by atoms with Gasteiger partial charge in [-0.15, -0.1) is 42.0 Å². The van der Waals surface area contributed by atoms with Crippen molar-refractivity contribution in [1.82, 2.24) is 0 Å². The number of rotatable bonds is 2. The number of hydrogen-bond acceptors (Lipinski definition) is 6. The zero-order chi connectivity index (χ0) is 27.4. The lowest BCUT2D eigenvalue weighted by Gasteiger charge is -2.43. The summed E-state index contributed by atoms with van der Waals surface area (Å²) in [5.41, 5.74) is 5.89. The highest BCUT2D eigenvalue weighted by molar-refractivity contribution is 8.08. The van der Waals surface area contributed by atoms with E-state index in [9.17, 15) is 10.5 Å². The van der Waals surface area contributed by atoms with Gasteiger partial charge in [-0.05, 0) is 53.3 Å². The fourth-order valence-corrected chi connectivity index (χ4v) is 10.8. The van der Waals surface area contributed by atoms with Crippen LogP contribution in [0.4, 0.5) is 5.69 Å². The SMILES string of the molecule is N#CC1=C(C#N)C2SC3C=CC(C4C=CC(N5C6=C(CCC=C6)Oc6ccccc65)=CC4)=CC3SC2C(P)=C1P. The molecule has 0 bridgehead atoms. The Hall–Kier alpha value is -2.72. The zero-order valence-corrected chi connectivity index (χ0v) is 25.6. The summed E-state index contributed by atoms with van der Waals surface area (Å²) in [5, 5.41) is 22.4. The standard InChI is InChI=1S/C32H27N3OP2S2/c33-16-21-22(17-34)31-32(30(38)29(21)37)40-28-15-19(11-14-27(28)39-31)18-9-12-20(13-10-18)35-23-5-1-3-7-25(23)36-26-8-4-2-6-24(26)35/h1-3,5-7,9,11-15,18,27-28,31-32H,4,8,10,37-38H2. The number of anilines is 1. The van der Waals surface area contributed by atoms with Gasteiger partial charge >= 0.3 is 0 Å². The molecular weight excluding hydrogens is 568 g/mol. The fraction of sp³-hybridized carbons (Fsp3) is 0.250. The summed E-state index contributed by atoms with van der Waals surface area (Å²) >= 11 is 3.76. The molecule has 1 fully saturated rings. The number of ether oxygens (including phenoxy) is 1. The monoisotopic (exact) mass is 595 g/mol. The van der Waals surface area contributed by atoms with E-state index in [1.165, 1.54) is 11.3 Å². The van der Waals surface area contributed by atoms with Crippen molar-refractivity contribution in [2.45, 2.75) is 40.3 Å². The second-order valence-corrected chi connectivity index (χ2v) is 14.3. The van der Waals surface area contributed by atoms with Crippen LogP contribution in [0.1, 0.15) is 19.3 Å². The fourth-order valence-electron chi connectivity index (χ4n) is 6.13. The van der Waals surface area contributed by atoms with Crippen LogP contribution >= 0.6 is 42.0 Å². The topological polar surface area (TPSA) is 60.0 Å². The molecule has 2 aliphatic heterocycles. The first kappa shape index (κ1) is 26.2. The Labute approximate surface area is 248 Å². The predicted octanol–water partition coefficient (Wildman–Crippen LogP) is 7.68. The number of nitrogens with zero attached hydrogens (tertiary/aromatic N) is 3. The Morgan fingerprint density at radius 2 is 1.82 bits per heavy atom. The van der Waals surface area contributed by atoms with Crippen molar-refractivity contribution in [2.75, 3.05) is 4.90 Å². The summed E-state index contributed by atoms with van der Waals surface area (Å²) in [5.74, 6) is 2.28. The molecule has 4 nitrogen and oxygen atoms in total. The van der Waals surface area contributed by atoms with Gasteiger partial charge in [-0.2, -0.15) is 10.5 Å². The van der Waals surface area contributed by atoms with Crippen LogP contribution in [0.15, 0.2) is 117 Å². The summed E-state index contributed by atoms with van der Waals surface area (Å²) in [4.78, 5) is 2.34. The zero-order valence-electron chi connectivity index (χ0n) is 21.7. The molecule has 6 aliphatic rings. The van der Waals surface area contributed by atoms with E-state index in [2.05, 4.69) is 102 Å². The van der Waals surface area contributed by atoms with Gasteiger partial charge in [0, 0.05) is 33.8 Å². The lowest BCUT2D eigenvalue weighted by Crippen LogP contribution is -2.39. The van der Waals surface area contributed by atoms with Gasteiger partial charge in [-0.25, -0.2) is 0 Å². The van der Waals surface area contributed by atoms with Crippen molar-refractivity contribution in [3.05, 3.63) is 117 Å². The average Bonchev–Trinajstić information content (AvgIpc) is 3.00. The number of fused-ring (bicyclic) bond motifs is 3. The molecule has 1 saturated heterocycles. The first-order valence-corrected chi connectivity index (χ1v) is 16.5. The molecule has 198 valence electrons. The third-order valence-corrected chi connectivity index (χ3v) is 13.5. The van der Waals surface area contributed by atoms with Crippen molar-refractivity contribution in [2.24, 2.45) is 5.92 Å². The van der Waals surface area contributed by atoms with Crippen LogP contribution in [-0.2, 0) is 0 Å². The van der Waals surface area contributed by atoms with E-state index in [0.717, 1.165) is 52.8 Å². The number of thioether (sulfide) groups is 2. The average molecular weight is 596 g/mol. The molecule has 40 heavy (non-hydrogen) atoms. The lowest BCUT2D eigenvalue weighted by molar-refractivity contribution is 0.387. The van der Waals surface area contributed by atoms with Crippen LogP contribution < -0.4 is 9.64 Å². The van der Waals surface area contributed by atoms with Gasteiger partial charge < -0.3 is 9.64 Å². The number of benzene rings is 1. The first-order valence-electron chi connectivity index (χ1n) is 13.4. The molecule has 4 aliphatic carbocycles. The largest absolute Gasteiger partial charge is 0.457 e. The van der Waals surface area contributed by atoms with Crippen molar-refractivity contribution >= 4 is 47.7 Å². The van der Waals surface area contributed by atoms with Crippen LogP contribution in [0.25, 0.3) is 0 Å². The smallest absolute Gasteiger partial charge is 0.151 e. The summed E-state index contributed by atoms with van der Waals surface area (Å²) in [6, 6.07) is 12.9. The number of hydrogen-bond donors (Lipinski definition) is 0. The van der Waals surface area contributed by atoms with Crippen LogP contribution in [0.3, 0.4) is 0 Å². The van der Waals surface area contributed by atoms with Gasteiger partial charge in [-0.3, -0.25) is 0 Å². The van der Waals surface area contributed by atoms with Crippen LogP contribution in [0.5, 0.6) is 5.75 Å². The van der Waals surface area contributed by atoms with Crippen molar-refractivity contribution in [3.8, 4) is 17.9 Å². The second kappa shape index (κ2) is 10.6. The van der Waals surface area contributed by atoms with Crippen LogP contribution in [-0.4, -0.2) is 21.0 Å². The maximum absolute atomic E-state index is 9.90. The normalized spacial score (nSPS) is 30.3. The number of para-hydroxylation sites is 2. The van der Waals surface area contributed by atoms with Gasteiger partial charge in [0.25, 0.3) is 0 Å². The quantitative estimate of drug-likeness (QED) is 0.327. The molecule has 0 spiro atoms. The minimum Gasteiger partial charge on any atom is -0.457 e. The first-order chi connectivity index (χ1) is 19.6. The van der Waals surface area contributed by atoms with Crippen molar-refractivity contribution in [1.29, 1.82) is 10.5 Å². The minimum absolute atomic E-state index is 0.00630. The van der Waals surface area contributed by atoms with Gasteiger partial charge in [0.15, 0.2) is 5.75 Å². The predicted molar refractivity (Wildman–Crippen MR) is 173 cm³/mol. The van der Waals surface area contributed by atoms with E-state index in [1.54, 1.807) is 0 Å². The van der Waals surface area contributed by atoms with Crippen molar-refractivity contribution in [3.63, 3.8) is 0 Å². The van der Waals surface area contributed by atoms with Gasteiger partial charge in [-0.1, -0.05) is 48.6 Å². The van der Waals surface area contributed by atoms with E-state index in [4.69, 9.17) is 4.74 Å². The summed E-state index contributed by atoms with van der Waals surface area (Å²) in [7, 11) is 5.55. The molecule has 0 saturated carbocycles. The molecule has 1 aromatic rings. The Morgan fingerprint density at radius 3 is 2.62 bits per heavy atom. The maximum atomic E-state index is 9.90.